The number of aliphatic hydroxyl groups is 1. The second-order valence-corrected chi connectivity index (χ2v) is 6.88. The standard InChI is InChI=1S/C20H21N5OS/c1-14-7-8-17(25(14)15-5-4-9-21-13-15)19-18(16-6-2-3-10-22-16)23-20(27)24(19)11-12-26/h2-10,13,18-19,26H,11-12H2,1H3,(H,23,27)/t18-,19-/m0/s1. The molecule has 0 bridgehead atoms. The van der Waals surface area contributed by atoms with E-state index in [2.05, 4.69) is 38.9 Å². The van der Waals surface area contributed by atoms with Crippen LogP contribution in [0.25, 0.3) is 5.69 Å². The maximum Gasteiger partial charge on any atom is 0.170 e. The SMILES string of the molecule is Cc1ccc([C@H]2[C@H](c3ccccn3)NC(=S)N2CCO)n1-c1cccnc1. The number of nitrogens with one attached hydrogen (secondary N) is 1. The summed E-state index contributed by atoms with van der Waals surface area (Å²) in [4.78, 5) is 10.8. The highest BCUT2D eigenvalue weighted by Crippen LogP contribution is 2.39. The average molecular weight is 379 g/mol. The highest BCUT2D eigenvalue weighted by Gasteiger charge is 2.41. The van der Waals surface area contributed by atoms with Crippen LogP contribution in [0.4, 0.5) is 0 Å². The van der Waals surface area contributed by atoms with Gasteiger partial charge in [0.05, 0.1) is 36.3 Å². The summed E-state index contributed by atoms with van der Waals surface area (Å²) in [5, 5.41) is 13.6. The van der Waals surface area contributed by atoms with Crippen LogP contribution in [-0.4, -0.2) is 42.8 Å². The molecule has 0 saturated carbocycles. The van der Waals surface area contributed by atoms with Crippen molar-refractivity contribution >= 4 is 17.3 Å². The summed E-state index contributed by atoms with van der Waals surface area (Å²) >= 11 is 5.58. The van der Waals surface area contributed by atoms with E-state index in [9.17, 15) is 5.11 Å². The summed E-state index contributed by atoms with van der Waals surface area (Å²) in [6, 6.07) is 13.9. The fourth-order valence-electron chi connectivity index (χ4n) is 3.70. The predicted octanol–water partition coefficient (Wildman–Crippen LogP) is 2.54. The third-order valence-electron chi connectivity index (χ3n) is 4.85. The largest absolute Gasteiger partial charge is 0.395 e. The Morgan fingerprint density at radius 1 is 1.15 bits per heavy atom. The van der Waals surface area contributed by atoms with Crippen molar-refractivity contribution < 1.29 is 5.11 Å². The molecule has 2 atom stereocenters. The van der Waals surface area contributed by atoms with Gasteiger partial charge in [0.25, 0.3) is 0 Å². The van der Waals surface area contributed by atoms with Crippen LogP contribution in [0.15, 0.2) is 61.1 Å². The van der Waals surface area contributed by atoms with Crippen molar-refractivity contribution in [2.45, 2.75) is 19.0 Å². The number of rotatable bonds is 5. The molecule has 0 amide bonds. The predicted molar refractivity (Wildman–Crippen MR) is 108 cm³/mol. The molecule has 3 aromatic rings. The highest BCUT2D eigenvalue weighted by atomic mass is 32.1. The Kier molecular flexibility index (Phi) is 4.87. The van der Waals surface area contributed by atoms with Gasteiger partial charge in [-0.15, -0.1) is 0 Å². The van der Waals surface area contributed by atoms with Gasteiger partial charge >= 0.3 is 0 Å². The van der Waals surface area contributed by atoms with Crippen molar-refractivity contribution in [3.05, 3.63) is 78.1 Å². The maximum absolute atomic E-state index is 9.60. The molecule has 7 heteroatoms. The zero-order chi connectivity index (χ0) is 18.8. The number of thiocarbonyl (C=S) groups is 1. The van der Waals surface area contributed by atoms with E-state index in [0.29, 0.717) is 11.7 Å². The Bertz CT molecular complexity index is 928. The topological polar surface area (TPSA) is 66.2 Å². The molecule has 3 aromatic heterocycles. The summed E-state index contributed by atoms with van der Waals surface area (Å²) in [7, 11) is 0. The van der Waals surface area contributed by atoms with Gasteiger partial charge < -0.3 is 19.9 Å². The minimum absolute atomic E-state index is 0.0276. The quantitative estimate of drug-likeness (QED) is 0.664. The first-order chi connectivity index (χ1) is 13.2. The normalized spacial score (nSPS) is 19.3. The Balaban J connectivity index is 1.85. The number of pyridine rings is 2. The second-order valence-electron chi connectivity index (χ2n) is 6.49. The zero-order valence-corrected chi connectivity index (χ0v) is 15.8. The molecule has 1 aliphatic rings. The molecular weight excluding hydrogens is 358 g/mol. The van der Waals surface area contributed by atoms with Gasteiger partial charge in [-0.2, -0.15) is 0 Å². The van der Waals surface area contributed by atoms with Crippen molar-refractivity contribution in [2.75, 3.05) is 13.2 Å². The number of β-amino-alcohol motifs (C(OH)–C–C–N with tert-alkyl or cyclic N) is 1. The van der Waals surface area contributed by atoms with Crippen LogP contribution >= 0.6 is 12.2 Å². The first-order valence-electron chi connectivity index (χ1n) is 8.88. The summed E-state index contributed by atoms with van der Waals surface area (Å²) in [6.07, 6.45) is 5.41. The van der Waals surface area contributed by atoms with Crippen molar-refractivity contribution in [3.8, 4) is 5.69 Å². The van der Waals surface area contributed by atoms with Crippen LogP contribution in [-0.2, 0) is 0 Å². The Morgan fingerprint density at radius 2 is 2.04 bits per heavy atom. The van der Waals surface area contributed by atoms with E-state index in [-0.39, 0.29) is 18.7 Å². The van der Waals surface area contributed by atoms with Crippen molar-refractivity contribution in [3.63, 3.8) is 0 Å². The molecule has 0 aliphatic carbocycles. The van der Waals surface area contributed by atoms with E-state index in [1.165, 1.54) is 0 Å². The van der Waals surface area contributed by atoms with Crippen molar-refractivity contribution in [1.82, 2.24) is 24.8 Å². The Hall–Kier alpha value is -2.77. The minimum atomic E-state index is -0.102. The number of hydrogen-bond acceptors (Lipinski definition) is 4. The van der Waals surface area contributed by atoms with E-state index < -0.39 is 0 Å². The molecule has 6 nitrogen and oxygen atoms in total. The maximum atomic E-state index is 9.60. The molecule has 1 saturated heterocycles. The van der Waals surface area contributed by atoms with Crippen LogP contribution in [0, 0.1) is 6.92 Å². The Morgan fingerprint density at radius 3 is 2.74 bits per heavy atom. The molecule has 4 rings (SSSR count). The molecule has 4 heterocycles. The number of aliphatic hydroxyl groups excluding tert-OH is 1. The first kappa shape index (κ1) is 17.6. The monoisotopic (exact) mass is 379 g/mol. The molecule has 1 aliphatic heterocycles. The van der Waals surface area contributed by atoms with E-state index >= 15 is 0 Å². The van der Waals surface area contributed by atoms with Gasteiger partial charge in [-0.3, -0.25) is 9.97 Å². The van der Waals surface area contributed by atoms with Crippen LogP contribution < -0.4 is 5.32 Å². The molecule has 0 aromatic carbocycles. The zero-order valence-electron chi connectivity index (χ0n) is 15.0. The van der Waals surface area contributed by atoms with Gasteiger partial charge in [0.1, 0.15) is 0 Å². The number of aromatic nitrogens is 3. The average Bonchev–Trinajstić information content (AvgIpc) is 3.23. The third kappa shape index (κ3) is 3.20. The lowest BCUT2D eigenvalue weighted by Gasteiger charge is -2.28. The van der Waals surface area contributed by atoms with Crippen molar-refractivity contribution in [1.29, 1.82) is 0 Å². The third-order valence-corrected chi connectivity index (χ3v) is 5.20. The number of aryl methyl sites for hydroxylation is 1. The number of hydrogen-bond donors (Lipinski definition) is 2. The summed E-state index contributed by atoms with van der Waals surface area (Å²) in [5.74, 6) is 0. The van der Waals surface area contributed by atoms with Crippen molar-refractivity contribution in [2.24, 2.45) is 0 Å². The van der Waals surface area contributed by atoms with Gasteiger partial charge in [0, 0.05) is 30.3 Å². The molecule has 0 radical (unpaired) electrons. The summed E-state index contributed by atoms with van der Waals surface area (Å²) in [6.45, 7) is 2.56. The van der Waals surface area contributed by atoms with E-state index in [1.807, 2.05) is 41.4 Å². The molecule has 2 N–H and O–H groups in total. The smallest absolute Gasteiger partial charge is 0.170 e. The van der Waals surface area contributed by atoms with E-state index in [1.54, 1.807) is 12.4 Å². The molecule has 27 heavy (non-hydrogen) atoms. The lowest BCUT2D eigenvalue weighted by molar-refractivity contribution is 0.220. The molecular formula is C20H21N5OS. The molecule has 138 valence electrons. The fourth-order valence-corrected chi connectivity index (χ4v) is 4.04. The van der Waals surface area contributed by atoms with Crippen LogP contribution in [0.2, 0.25) is 0 Å². The van der Waals surface area contributed by atoms with Crippen LogP contribution in [0.5, 0.6) is 0 Å². The minimum Gasteiger partial charge on any atom is -0.395 e. The number of nitrogens with zero attached hydrogens (tertiary/aromatic N) is 4. The molecule has 0 unspecified atom stereocenters. The van der Waals surface area contributed by atoms with Gasteiger partial charge in [0.2, 0.25) is 0 Å². The Labute approximate surface area is 163 Å². The van der Waals surface area contributed by atoms with Crippen LogP contribution in [0.3, 0.4) is 0 Å². The van der Waals surface area contributed by atoms with E-state index in [4.69, 9.17) is 12.2 Å². The lowest BCUT2D eigenvalue weighted by Crippen LogP contribution is -2.33. The second kappa shape index (κ2) is 7.46. The van der Waals surface area contributed by atoms with Gasteiger partial charge in [-0.05, 0) is 55.5 Å². The van der Waals surface area contributed by atoms with E-state index in [0.717, 1.165) is 22.8 Å². The van der Waals surface area contributed by atoms with Crippen LogP contribution in [0.1, 0.15) is 29.2 Å². The summed E-state index contributed by atoms with van der Waals surface area (Å²) in [5.41, 5.74) is 4.11. The highest BCUT2D eigenvalue weighted by molar-refractivity contribution is 7.80. The van der Waals surface area contributed by atoms with Gasteiger partial charge in [-0.25, -0.2) is 0 Å². The molecule has 1 fully saturated rings. The first-order valence-corrected chi connectivity index (χ1v) is 9.29. The summed E-state index contributed by atoms with van der Waals surface area (Å²) < 4.78 is 2.19. The van der Waals surface area contributed by atoms with Gasteiger partial charge in [0.15, 0.2) is 5.11 Å². The molecule has 0 spiro atoms. The lowest BCUT2D eigenvalue weighted by atomic mass is 10.0. The fraction of sp³-hybridized carbons (Fsp3) is 0.250. The van der Waals surface area contributed by atoms with Gasteiger partial charge in [-0.1, -0.05) is 6.07 Å².